The van der Waals surface area contributed by atoms with Gasteiger partial charge in [-0.05, 0) is 19.1 Å². The quantitative estimate of drug-likeness (QED) is 0.485. The second-order valence-electron chi connectivity index (χ2n) is 5.68. The van der Waals surface area contributed by atoms with Crippen LogP contribution in [0.15, 0.2) is 52.4 Å². The molecular formula is C18H24N4O2. The first kappa shape index (κ1) is 17.6. The third kappa shape index (κ3) is 4.62. The molecule has 128 valence electrons. The Kier molecular flexibility index (Phi) is 6.01. The number of benzene rings is 1. The number of likely N-dealkylation sites (N-methyl/N-ethyl adjacent to an activating group) is 1. The minimum Gasteiger partial charge on any atom is -0.459 e. The molecule has 2 rings (SSSR count). The van der Waals surface area contributed by atoms with Gasteiger partial charge in [-0.15, -0.1) is 6.58 Å². The van der Waals surface area contributed by atoms with Gasteiger partial charge < -0.3 is 20.0 Å². The number of aliphatic imine (C=N–C) groups is 1. The summed E-state index contributed by atoms with van der Waals surface area (Å²) in [6.07, 6.45) is 1.73. The van der Waals surface area contributed by atoms with E-state index in [1.54, 1.807) is 20.2 Å². The zero-order valence-electron chi connectivity index (χ0n) is 14.4. The smallest absolute Gasteiger partial charge is 0.243 e. The predicted octanol–water partition coefficient (Wildman–Crippen LogP) is 2.30. The van der Waals surface area contributed by atoms with Crippen molar-refractivity contribution in [2.75, 3.05) is 27.2 Å². The summed E-state index contributed by atoms with van der Waals surface area (Å²) in [4.78, 5) is 17.5. The largest absolute Gasteiger partial charge is 0.459 e. The van der Waals surface area contributed by atoms with E-state index in [4.69, 9.17) is 4.42 Å². The second kappa shape index (κ2) is 8.19. The van der Waals surface area contributed by atoms with Gasteiger partial charge in [0.15, 0.2) is 5.96 Å². The van der Waals surface area contributed by atoms with Crippen LogP contribution >= 0.6 is 0 Å². The normalized spacial score (nSPS) is 12.7. The number of hydrogen-bond acceptors (Lipinski definition) is 3. The van der Waals surface area contributed by atoms with Gasteiger partial charge in [0.05, 0.1) is 6.04 Å². The Labute approximate surface area is 142 Å². The summed E-state index contributed by atoms with van der Waals surface area (Å²) in [5.74, 6) is 1.28. The number of nitrogens with one attached hydrogen (secondary N) is 2. The number of fused-ring (bicyclic) bond motifs is 1. The molecule has 2 N–H and O–H groups in total. The number of guanidine groups is 1. The fraction of sp³-hybridized carbons (Fsp3) is 0.333. The Balaban J connectivity index is 2.10. The summed E-state index contributed by atoms with van der Waals surface area (Å²) in [6, 6.07) is 9.78. The molecule has 0 bridgehead atoms. The molecule has 0 aliphatic carbocycles. The van der Waals surface area contributed by atoms with E-state index in [9.17, 15) is 4.79 Å². The molecule has 24 heavy (non-hydrogen) atoms. The highest BCUT2D eigenvalue weighted by Crippen LogP contribution is 2.23. The summed E-state index contributed by atoms with van der Waals surface area (Å²) in [5.41, 5.74) is 0.849. The van der Waals surface area contributed by atoms with Gasteiger partial charge in [0.2, 0.25) is 5.91 Å². The predicted molar refractivity (Wildman–Crippen MR) is 97.0 cm³/mol. The average Bonchev–Trinajstić information content (AvgIpc) is 3.00. The maximum atomic E-state index is 11.7. The zero-order valence-corrected chi connectivity index (χ0v) is 14.4. The number of carbonyl (C=O) groups is 1. The number of amides is 1. The number of hydrogen-bond donors (Lipinski definition) is 2. The molecule has 0 radical (unpaired) electrons. The number of nitrogens with zero attached hydrogens (tertiary/aromatic N) is 2. The minimum absolute atomic E-state index is 0.0638. The van der Waals surface area contributed by atoms with Crippen molar-refractivity contribution in [3.63, 3.8) is 0 Å². The lowest BCUT2D eigenvalue weighted by molar-refractivity contribution is -0.127. The molecule has 1 heterocycles. The molecule has 0 saturated carbocycles. The van der Waals surface area contributed by atoms with Gasteiger partial charge in [-0.25, -0.2) is 4.99 Å². The topological polar surface area (TPSA) is 69.9 Å². The highest BCUT2D eigenvalue weighted by atomic mass is 16.3. The molecule has 0 fully saturated rings. The molecule has 1 amide bonds. The molecule has 6 heteroatoms. The van der Waals surface area contributed by atoms with Crippen LogP contribution in [-0.4, -0.2) is 44.0 Å². The molecule has 1 aromatic heterocycles. The van der Waals surface area contributed by atoms with Gasteiger partial charge in [0.1, 0.15) is 17.9 Å². The van der Waals surface area contributed by atoms with Gasteiger partial charge in [-0.2, -0.15) is 0 Å². The van der Waals surface area contributed by atoms with Crippen LogP contribution < -0.4 is 10.6 Å². The molecule has 0 aliphatic heterocycles. The lowest BCUT2D eigenvalue weighted by Crippen LogP contribution is -2.39. The first-order valence-electron chi connectivity index (χ1n) is 7.85. The molecule has 1 aromatic carbocycles. The van der Waals surface area contributed by atoms with Crippen LogP contribution in [-0.2, 0) is 4.79 Å². The van der Waals surface area contributed by atoms with Crippen LogP contribution in [0.2, 0.25) is 0 Å². The van der Waals surface area contributed by atoms with Crippen LogP contribution in [0, 0.1) is 0 Å². The van der Waals surface area contributed by atoms with Crippen LogP contribution in [0.4, 0.5) is 0 Å². The standard InChI is InChI=1S/C18H24N4O2/c1-5-10-19-18(20-12-17(23)22(3)4)21-13(2)16-11-14-8-6-7-9-15(14)24-16/h5-9,11,13H,1,10,12H2,2-4H3,(H2,19,20,21). The van der Waals surface area contributed by atoms with E-state index in [0.717, 1.165) is 16.7 Å². The fourth-order valence-electron chi connectivity index (χ4n) is 2.10. The Morgan fingerprint density at radius 1 is 1.42 bits per heavy atom. The van der Waals surface area contributed by atoms with Crippen LogP contribution in [0.3, 0.4) is 0 Å². The summed E-state index contributed by atoms with van der Waals surface area (Å²) < 4.78 is 5.86. The summed E-state index contributed by atoms with van der Waals surface area (Å²) >= 11 is 0. The van der Waals surface area contributed by atoms with Crippen molar-refractivity contribution in [3.05, 3.63) is 48.7 Å². The van der Waals surface area contributed by atoms with E-state index in [1.807, 2.05) is 37.3 Å². The van der Waals surface area contributed by atoms with Crippen molar-refractivity contribution >= 4 is 22.8 Å². The van der Waals surface area contributed by atoms with Crippen molar-refractivity contribution < 1.29 is 9.21 Å². The highest BCUT2D eigenvalue weighted by Gasteiger charge is 2.13. The maximum absolute atomic E-state index is 11.7. The average molecular weight is 328 g/mol. The van der Waals surface area contributed by atoms with E-state index >= 15 is 0 Å². The van der Waals surface area contributed by atoms with Crippen molar-refractivity contribution in [2.45, 2.75) is 13.0 Å². The number of para-hydroxylation sites is 1. The first-order chi connectivity index (χ1) is 11.5. The van der Waals surface area contributed by atoms with Crippen molar-refractivity contribution in [1.29, 1.82) is 0 Å². The van der Waals surface area contributed by atoms with E-state index in [0.29, 0.717) is 12.5 Å². The van der Waals surface area contributed by atoms with Crippen molar-refractivity contribution in [3.8, 4) is 0 Å². The zero-order chi connectivity index (χ0) is 17.5. The highest BCUT2D eigenvalue weighted by molar-refractivity contribution is 5.85. The van der Waals surface area contributed by atoms with E-state index in [1.165, 1.54) is 4.90 Å². The van der Waals surface area contributed by atoms with Crippen LogP contribution in [0.5, 0.6) is 0 Å². The lowest BCUT2D eigenvalue weighted by atomic mass is 10.2. The first-order valence-corrected chi connectivity index (χ1v) is 7.85. The van der Waals surface area contributed by atoms with Crippen molar-refractivity contribution in [2.24, 2.45) is 4.99 Å². The summed E-state index contributed by atoms with van der Waals surface area (Å²) in [6.45, 7) is 6.29. The number of carbonyl (C=O) groups excluding carboxylic acids is 1. The third-order valence-corrected chi connectivity index (χ3v) is 3.51. The molecule has 2 aromatic rings. The van der Waals surface area contributed by atoms with Gasteiger partial charge in [-0.3, -0.25) is 4.79 Å². The second-order valence-corrected chi connectivity index (χ2v) is 5.68. The molecule has 1 unspecified atom stereocenters. The summed E-state index contributed by atoms with van der Waals surface area (Å²) in [7, 11) is 3.41. The van der Waals surface area contributed by atoms with Gasteiger partial charge >= 0.3 is 0 Å². The van der Waals surface area contributed by atoms with Crippen molar-refractivity contribution in [1.82, 2.24) is 15.5 Å². The number of furan rings is 1. The Hall–Kier alpha value is -2.76. The van der Waals surface area contributed by atoms with Gasteiger partial charge in [0.25, 0.3) is 0 Å². The molecule has 0 aliphatic rings. The molecular weight excluding hydrogens is 304 g/mol. The molecule has 0 saturated heterocycles. The minimum atomic E-state index is -0.0945. The molecule has 1 atom stereocenters. The Bertz CT molecular complexity index is 700. The van der Waals surface area contributed by atoms with Gasteiger partial charge in [0, 0.05) is 26.0 Å². The monoisotopic (exact) mass is 328 g/mol. The SMILES string of the molecule is C=CCNC(=NCC(=O)N(C)C)NC(C)c1cc2ccccc2o1. The summed E-state index contributed by atoms with van der Waals surface area (Å²) in [5, 5.41) is 7.41. The molecule has 0 spiro atoms. The lowest BCUT2D eigenvalue weighted by Gasteiger charge is -2.16. The maximum Gasteiger partial charge on any atom is 0.243 e. The number of rotatable bonds is 6. The van der Waals surface area contributed by atoms with E-state index < -0.39 is 0 Å². The Morgan fingerprint density at radius 2 is 2.17 bits per heavy atom. The van der Waals surface area contributed by atoms with E-state index in [2.05, 4.69) is 22.2 Å². The van der Waals surface area contributed by atoms with E-state index in [-0.39, 0.29) is 18.5 Å². The molecule has 6 nitrogen and oxygen atoms in total. The van der Waals surface area contributed by atoms with Crippen LogP contribution in [0.1, 0.15) is 18.7 Å². The third-order valence-electron chi connectivity index (χ3n) is 3.51. The fourth-order valence-corrected chi connectivity index (χ4v) is 2.10. The Morgan fingerprint density at radius 3 is 2.83 bits per heavy atom. The van der Waals surface area contributed by atoms with Crippen LogP contribution in [0.25, 0.3) is 11.0 Å². The van der Waals surface area contributed by atoms with Gasteiger partial charge in [-0.1, -0.05) is 24.3 Å².